The second-order valence-electron chi connectivity index (χ2n) is 6.10. The van der Waals surface area contributed by atoms with E-state index >= 15 is 0 Å². The number of rotatable bonds is 4. The largest absolute Gasteiger partial charge is 0.396 e. The molecule has 1 aromatic carbocycles. The van der Waals surface area contributed by atoms with Crippen molar-refractivity contribution in [1.29, 1.82) is 0 Å². The normalized spacial score (nSPS) is 29.5. The smallest absolute Gasteiger partial charge is 0.283 e. The predicted molar refractivity (Wildman–Crippen MR) is 80.8 cm³/mol. The summed E-state index contributed by atoms with van der Waals surface area (Å²) in [5.41, 5.74) is -0.289. The van der Waals surface area contributed by atoms with Crippen LogP contribution in [-0.4, -0.2) is 28.6 Å². The van der Waals surface area contributed by atoms with Crippen molar-refractivity contribution in [3.63, 3.8) is 0 Å². The van der Waals surface area contributed by atoms with E-state index in [-0.39, 0.29) is 34.8 Å². The molecule has 0 heterocycles. The summed E-state index contributed by atoms with van der Waals surface area (Å²) < 4.78 is 0. The minimum atomic E-state index is -0.606. The fourth-order valence-electron chi connectivity index (χ4n) is 3.98. The number of nitrogens with one attached hydrogen (secondary N) is 1. The molecule has 0 spiro atoms. The van der Waals surface area contributed by atoms with Crippen molar-refractivity contribution in [2.24, 2.45) is 17.8 Å². The Morgan fingerprint density at radius 2 is 2.14 bits per heavy atom. The highest BCUT2D eigenvalue weighted by Crippen LogP contribution is 2.48. The fraction of sp³-hybridized carbons (Fsp3) is 0.533. The molecule has 118 valence electrons. The van der Waals surface area contributed by atoms with Gasteiger partial charge in [-0.1, -0.05) is 11.6 Å². The summed E-state index contributed by atoms with van der Waals surface area (Å²) >= 11 is 5.76. The Morgan fingerprint density at radius 3 is 2.82 bits per heavy atom. The monoisotopic (exact) mass is 324 g/mol. The van der Waals surface area contributed by atoms with Gasteiger partial charge >= 0.3 is 0 Å². The molecule has 2 fully saturated rings. The number of amides is 1. The quantitative estimate of drug-likeness (QED) is 0.657. The zero-order valence-electron chi connectivity index (χ0n) is 11.9. The Hall–Kier alpha value is -1.66. The van der Waals surface area contributed by atoms with Crippen molar-refractivity contribution in [3.8, 4) is 0 Å². The van der Waals surface area contributed by atoms with E-state index in [1.54, 1.807) is 0 Å². The molecule has 2 saturated carbocycles. The number of nitrogens with zero attached hydrogens (tertiary/aromatic N) is 1. The minimum absolute atomic E-state index is 0.00821. The van der Waals surface area contributed by atoms with Crippen LogP contribution in [0.2, 0.25) is 5.02 Å². The molecule has 4 unspecified atom stereocenters. The molecule has 0 radical (unpaired) electrons. The summed E-state index contributed by atoms with van der Waals surface area (Å²) in [5, 5.41) is 23.7. The third-order valence-corrected chi connectivity index (χ3v) is 5.23. The predicted octanol–water partition coefficient (Wildman–Crippen LogP) is 2.39. The Balaban J connectivity index is 1.82. The highest BCUT2D eigenvalue weighted by Gasteiger charge is 2.47. The average Bonchev–Trinajstić information content (AvgIpc) is 3.07. The molecule has 2 N–H and O–H groups in total. The minimum Gasteiger partial charge on any atom is -0.396 e. The number of nitro groups is 1. The number of benzene rings is 1. The maximum atomic E-state index is 12.4. The maximum absolute atomic E-state index is 12.4. The van der Waals surface area contributed by atoms with Crippen LogP contribution in [-0.2, 0) is 0 Å². The van der Waals surface area contributed by atoms with Crippen molar-refractivity contribution in [3.05, 3.63) is 38.9 Å². The van der Waals surface area contributed by atoms with Gasteiger partial charge in [0.05, 0.1) is 4.92 Å². The topological polar surface area (TPSA) is 92.5 Å². The van der Waals surface area contributed by atoms with E-state index in [2.05, 4.69) is 5.32 Å². The van der Waals surface area contributed by atoms with Gasteiger partial charge in [-0.25, -0.2) is 0 Å². The van der Waals surface area contributed by atoms with E-state index in [1.807, 2.05) is 0 Å². The summed E-state index contributed by atoms with van der Waals surface area (Å²) in [6.07, 6.45) is 3.14. The summed E-state index contributed by atoms with van der Waals surface area (Å²) in [7, 11) is 0. The maximum Gasteiger partial charge on any atom is 0.283 e. The molecule has 2 aliphatic carbocycles. The van der Waals surface area contributed by atoms with Crippen LogP contribution in [0.5, 0.6) is 0 Å². The molecule has 2 aliphatic rings. The molecule has 7 heteroatoms. The van der Waals surface area contributed by atoms with Gasteiger partial charge in [0.2, 0.25) is 0 Å². The zero-order valence-corrected chi connectivity index (χ0v) is 12.6. The van der Waals surface area contributed by atoms with Crippen LogP contribution >= 0.6 is 11.6 Å². The highest BCUT2D eigenvalue weighted by molar-refractivity contribution is 6.31. The van der Waals surface area contributed by atoms with Crippen LogP contribution in [0.4, 0.5) is 5.69 Å². The number of halogens is 1. The van der Waals surface area contributed by atoms with Crippen LogP contribution in [0.1, 0.15) is 29.6 Å². The third-order valence-electron chi connectivity index (χ3n) is 5.00. The molecule has 4 atom stereocenters. The molecular formula is C15H17ClN2O4. The molecule has 2 bridgehead atoms. The first-order valence-corrected chi connectivity index (χ1v) is 7.74. The van der Waals surface area contributed by atoms with Crippen LogP contribution in [0.3, 0.4) is 0 Å². The van der Waals surface area contributed by atoms with Crippen molar-refractivity contribution >= 4 is 23.2 Å². The van der Waals surface area contributed by atoms with Gasteiger partial charge in [0, 0.05) is 29.7 Å². The van der Waals surface area contributed by atoms with Crippen LogP contribution in [0, 0.1) is 27.9 Å². The van der Waals surface area contributed by atoms with Crippen LogP contribution in [0.15, 0.2) is 18.2 Å². The SMILES string of the molecule is O=C(NC1C2CCC(C2)C1CO)c1ccc(Cl)cc1[N+](=O)[O-]. The molecule has 0 saturated heterocycles. The summed E-state index contributed by atoms with van der Waals surface area (Å²) in [5.74, 6) is 0.381. The lowest BCUT2D eigenvalue weighted by molar-refractivity contribution is -0.385. The van der Waals surface area contributed by atoms with Gasteiger partial charge in [0.1, 0.15) is 5.56 Å². The molecule has 1 amide bonds. The summed E-state index contributed by atoms with van der Waals surface area (Å²) in [6, 6.07) is 3.91. The standard InChI is InChI=1S/C15H17ClN2O4/c16-10-3-4-11(13(6-10)18(21)22)15(20)17-14-9-2-1-8(5-9)12(14)7-19/h3-4,6,8-9,12,14,19H,1-2,5,7H2,(H,17,20). The number of nitro benzene ring substituents is 1. The van der Waals surface area contributed by atoms with E-state index in [1.165, 1.54) is 18.2 Å². The number of carbonyl (C=O) groups excluding carboxylic acids is 1. The van der Waals surface area contributed by atoms with E-state index in [0.717, 1.165) is 19.3 Å². The second-order valence-corrected chi connectivity index (χ2v) is 6.53. The fourth-order valence-corrected chi connectivity index (χ4v) is 4.14. The molecule has 1 aromatic rings. The Kier molecular flexibility index (Phi) is 4.06. The molecule has 0 aromatic heterocycles. The Labute approximate surface area is 132 Å². The highest BCUT2D eigenvalue weighted by atomic mass is 35.5. The lowest BCUT2D eigenvalue weighted by atomic mass is 9.85. The third kappa shape index (κ3) is 2.57. The lowest BCUT2D eigenvalue weighted by Gasteiger charge is -2.30. The number of hydrogen-bond acceptors (Lipinski definition) is 4. The van der Waals surface area contributed by atoms with Gasteiger partial charge in [0.15, 0.2) is 0 Å². The molecule has 3 rings (SSSR count). The van der Waals surface area contributed by atoms with Crippen LogP contribution < -0.4 is 5.32 Å². The zero-order chi connectivity index (χ0) is 15.9. The summed E-state index contributed by atoms with van der Waals surface area (Å²) in [4.78, 5) is 22.9. The first kappa shape index (κ1) is 15.2. The molecule has 22 heavy (non-hydrogen) atoms. The summed E-state index contributed by atoms with van der Waals surface area (Å²) in [6.45, 7) is 0.0365. The van der Waals surface area contributed by atoms with Crippen LogP contribution in [0.25, 0.3) is 0 Å². The lowest BCUT2D eigenvalue weighted by Crippen LogP contribution is -2.45. The van der Waals surface area contributed by atoms with E-state index in [0.29, 0.717) is 11.8 Å². The number of carbonyl (C=O) groups is 1. The van der Waals surface area contributed by atoms with Gasteiger partial charge in [0.25, 0.3) is 11.6 Å². The van der Waals surface area contributed by atoms with Gasteiger partial charge < -0.3 is 10.4 Å². The van der Waals surface area contributed by atoms with Gasteiger partial charge in [-0.3, -0.25) is 14.9 Å². The molecular weight excluding hydrogens is 308 g/mol. The Bertz CT molecular complexity index is 622. The number of aliphatic hydroxyl groups excluding tert-OH is 1. The number of hydrogen-bond donors (Lipinski definition) is 2. The van der Waals surface area contributed by atoms with Crippen molar-refractivity contribution in [2.75, 3.05) is 6.61 Å². The molecule has 6 nitrogen and oxygen atoms in total. The number of fused-ring (bicyclic) bond motifs is 2. The first-order chi connectivity index (χ1) is 10.5. The van der Waals surface area contributed by atoms with Crippen molar-refractivity contribution in [2.45, 2.75) is 25.3 Å². The van der Waals surface area contributed by atoms with Crippen molar-refractivity contribution < 1.29 is 14.8 Å². The van der Waals surface area contributed by atoms with E-state index in [9.17, 15) is 20.0 Å². The average molecular weight is 325 g/mol. The molecule has 0 aliphatic heterocycles. The Morgan fingerprint density at radius 1 is 1.41 bits per heavy atom. The van der Waals surface area contributed by atoms with Gasteiger partial charge in [-0.05, 0) is 43.2 Å². The van der Waals surface area contributed by atoms with Crippen molar-refractivity contribution in [1.82, 2.24) is 5.32 Å². The second kappa shape index (κ2) is 5.85. The van der Waals surface area contributed by atoms with E-state index in [4.69, 9.17) is 11.6 Å². The van der Waals surface area contributed by atoms with Gasteiger partial charge in [-0.2, -0.15) is 0 Å². The van der Waals surface area contributed by atoms with E-state index < -0.39 is 10.8 Å². The first-order valence-electron chi connectivity index (χ1n) is 7.37. The van der Waals surface area contributed by atoms with Gasteiger partial charge in [-0.15, -0.1) is 0 Å². The number of aliphatic hydroxyl groups is 1.